The predicted molar refractivity (Wildman–Crippen MR) is 129 cm³/mol. The Hall–Kier alpha value is -3.47. The third kappa shape index (κ3) is 5.00. The van der Waals surface area contributed by atoms with Crippen LogP contribution in [0.15, 0.2) is 30.7 Å². The molecule has 4 atom stereocenters. The average molecular weight is 484 g/mol. The number of nitrogens with zero attached hydrogens (tertiary/aromatic N) is 5. The van der Waals surface area contributed by atoms with Gasteiger partial charge in [-0.25, -0.2) is 14.8 Å². The third-order valence-corrected chi connectivity index (χ3v) is 6.83. The smallest absolute Gasteiger partial charge is 0.325 e. The van der Waals surface area contributed by atoms with Gasteiger partial charge in [0, 0.05) is 39.3 Å². The fourth-order valence-electron chi connectivity index (χ4n) is 4.88. The standard InChI is InChI=1S/C24H33N7O4/c1-4-17(18-7-5-6-12-35-18)28-24(34)31-20(22(33)30(3)23-27-10-11-29(23)2)16(21(31)32)13-15-8-9-26-19(25)14-15/h8-11,14,16-18,20H,4-7,12-13H2,1-3H3,(H2,25,26)(H,28,34)/t16-,17-,18?,20+/m1/s1. The summed E-state index contributed by atoms with van der Waals surface area (Å²) in [7, 11) is 3.37. The first kappa shape index (κ1) is 24.6. The van der Waals surface area contributed by atoms with E-state index in [1.165, 1.54) is 4.90 Å². The van der Waals surface area contributed by atoms with Crippen molar-refractivity contribution in [3.63, 3.8) is 0 Å². The summed E-state index contributed by atoms with van der Waals surface area (Å²) in [6, 6.07) is 1.64. The van der Waals surface area contributed by atoms with Gasteiger partial charge in [0.25, 0.3) is 5.91 Å². The third-order valence-electron chi connectivity index (χ3n) is 6.83. The molecule has 2 aromatic heterocycles. The fourth-order valence-corrected chi connectivity index (χ4v) is 4.88. The molecule has 2 fully saturated rings. The van der Waals surface area contributed by atoms with Crippen molar-refractivity contribution in [2.24, 2.45) is 13.0 Å². The number of imide groups is 1. The molecule has 4 amide bonds. The maximum Gasteiger partial charge on any atom is 0.325 e. The van der Waals surface area contributed by atoms with E-state index >= 15 is 0 Å². The van der Waals surface area contributed by atoms with E-state index in [0.717, 1.165) is 29.7 Å². The Kier molecular flexibility index (Phi) is 7.34. The molecule has 0 saturated carbocycles. The number of amides is 4. The van der Waals surface area contributed by atoms with Crippen LogP contribution in [0.2, 0.25) is 0 Å². The molecule has 0 aromatic carbocycles. The number of likely N-dealkylation sites (tertiary alicyclic amines) is 1. The van der Waals surface area contributed by atoms with Crippen LogP contribution in [0.4, 0.5) is 16.6 Å². The van der Waals surface area contributed by atoms with Gasteiger partial charge in [0.2, 0.25) is 11.9 Å². The molecule has 1 unspecified atom stereocenters. The lowest BCUT2D eigenvalue weighted by Gasteiger charge is -2.46. The predicted octanol–water partition coefficient (Wildman–Crippen LogP) is 1.49. The molecule has 0 bridgehead atoms. The number of ether oxygens (including phenoxy) is 1. The molecule has 0 radical (unpaired) electrons. The van der Waals surface area contributed by atoms with Gasteiger partial charge in [0.1, 0.15) is 11.9 Å². The van der Waals surface area contributed by atoms with Crippen molar-refractivity contribution in [3.8, 4) is 0 Å². The highest BCUT2D eigenvalue weighted by Gasteiger charge is 2.55. The van der Waals surface area contributed by atoms with Gasteiger partial charge in [-0.2, -0.15) is 0 Å². The zero-order chi connectivity index (χ0) is 25.1. The molecule has 4 rings (SSSR count). The van der Waals surface area contributed by atoms with E-state index in [2.05, 4.69) is 15.3 Å². The highest BCUT2D eigenvalue weighted by molar-refractivity contribution is 6.12. The van der Waals surface area contributed by atoms with Crippen LogP contribution in [0.25, 0.3) is 0 Å². The number of anilines is 2. The van der Waals surface area contributed by atoms with Crippen LogP contribution in [-0.2, 0) is 27.8 Å². The number of hydrogen-bond acceptors (Lipinski definition) is 7. The minimum Gasteiger partial charge on any atom is -0.384 e. The minimum absolute atomic E-state index is 0.103. The number of aromatic nitrogens is 3. The van der Waals surface area contributed by atoms with Gasteiger partial charge < -0.3 is 20.4 Å². The Labute approximate surface area is 204 Å². The van der Waals surface area contributed by atoms with Crippen LogP contribution < -0.4 is 16.0 Å². The summed E-state index contributed by atoms with van der Waals surface area (Å²) in [4.78, 5) is 50.8. The number of imidazole rings is 1. The highest BCUT2D eigenvalue weighted by atomic mass is 16.5. The normalized spacial score (nSPS) is 22.9. The van der Waals surface area contributed by atoms with Crippen LogP contribution in [0.5, 0.6) is 0 Å². The molecule has 35 heavy (non-hydrogen) atoms. The second kappa shape index (κ2) is 10.4. The van der Waals surface area contributed by atoms with E-state index in [4.69, 9.17) is 10.5 Å². The summed E-state index contributed by atoms with van der Waals surface area (Å²) in [5.74, 6) is -0.741. The Morgan fingerprint density at radius 2 is 2.11 bits per heavy atom. The van der Waals surface area contributed by atoms with Crippen molar-refractivity contribution in [1.29, 1.82) is 0 Å². The van der Waals surface area contributed by atoms with E-state index in [1.807, 2.05) is 6.92 Å². The zero-order valence-corrected chi connectivity index (χ0v) is 20.4. The molecule has 4 heterocycles. The maximum absolute atomic E-state index is 13.6. The largest absolute Gasteiger partial charge is 0.384 e. The second-order valence-corrected chi connectivity index (χ2v) is 9.16. The summed E-state index contributed by atoms with van der Waals surface area (Å²) in [6.07, 6.45) is 8.58. The van der Waals surface area contributed by atoms with Gasteiger partial charge in [-0.1, -0.05) is 6.92 Å². The van der Waals surface area contributed by atoms with E-state index in [-0.39, 0.29) is 24.5 Å². The lowest BCUT2D eigenvalue weighted by Crippen LogP contribution is -2.71. The van der Waals surface area contributed by atoms with Crippen molar-refractivity contribution in [3.05, 3.63) is 36.3 Å². The zero-order valence-electron chi connectivity index (χ0n) is 20.4. The van der Waals surface area contributed by atoms with Crippen LogP contribution in [0.1, 0.15) is 38.2 Å². The number of carbonyl (C=O) groups is 3. The Morgan fingerprint density at radius 3 is 2.74 bits per heavy atom. The minimum atomic E-state index is -0.969. The van der Waals surface area contributed by atoms with E-state index in [0.29, 0.717) is 24.8 Å². The molecule has 3 N–H and O–H groups in total. The number of nitrogen functional groups attached to an aromatic ring is 1. The SMILES string of the molecule is CC[C@@H](NC(=O)N1C(=O)[C@H](Cc2ccnc(N)c2)[C@H]1C(=O)N(C)c1nccn1C)C1CCCCO1. The van der Waals surface area contributed by atoms with E-state index < -0.39 is 23.9 Å². The summed E-state index contributed by atoms with van der Waals surface area (Å²) in [5.41, 5.74) is 6.57. The van der Waals surface area contributed by atoms with Crippen LogP contribution in [-0.4, -0.2) is 69.1 Å². The molecule has 2 aliphatic rings. The topological polar surface area (TPSA) is 136 Å². The molecule has 11 heteroatoms. The Morgan fingerprint density at radius 1 is 1.31 bits per heavy atom. The van der Waals surface area contributed by atoms with Gasteiger partial charge in [-0.15, -0.1) is 0 Å². The number of nitrogens with two attached hydrogens (primary N) is 1. The lowest BCUT2D eigenvalue weighted by molar-refractivity contribution is -0.156. The summed E-state index contributed by atoms with van der Waals surface area (Å²) < 4.78 is 7.56. The number of nitrogens with one attached hydrogen (secondary N) is 1. The first-order chi connectivity index (χ1) is 16.8. The maximum atomic E-state index is 13.6. The average Bonchev–Trinajstić information content (AvgIpc) is 3.29. The van der Waals surface area contributed by atoms with Crippen molar-refractivity contribution in [2.75, 3.05) is 24.3 Å². The van der Waals surface area contributed by atoms with Crippen molar-refractivity contribution >= 4 is 29.6 Å². The van der Waals surface area contributed by atoms with Gasteiger partial charge >= 0.3 is 6.03 Å². The highest BCUT2D eigenvalue weighted by Crippen LogP contribution is 2.33. The summed E-state index contributed by atoms with van der Waals surface area (Å²) >= 11 is 0. The summed E-state index contributed by atoms with van der Waals surface area (Å²) in [6.45, 7) is 2.63. The number of pyridine rings is 1. The molecule has 0 spiro atoms. The number of aryl methyl sites for hydroxylation is 1. The number of β-lactam (4-membered cyclic amide) rings is 1. The van der Waals surface area contributed by atoms with Crippen molar-refractivity contribution in [1.82, 2.24) is 24.8 Å². The number of carbonyl (C=O) groups excluding carboxylic acids is 3. The first-order valence-corrected chi connectivity index (χ1v) is 12.0. The molecule has 2 saturated heterocycles. The number of urea groups is 1. The number of likely N-dealkylation sites (N-methyl/N-ethyl adjacent to an activating group) is 1. The molecule has 188 valence electrons. The quantitative estimate of drug-likeness (QED) is 0.570. The molecule has 11 nitrogen and oxygen atoms in total. The Balaban J connectivity index is 1.56. The van der Waals surface area contributed by atoms with Gasteiger partial charge in [-0.05, 0) is 49.8 Å². The van der Waals surface area contributed by atoms with Crippen LogP contribution in [0, 0.1) is 5.92 Å². The van der Waals surface area contributed by atoms with Crippen molar-refractivity contribution in [2.45, 2.75) is 57.2 Å². The van der Waals surface area contributed by atoms with Gasteiger partial charge in [0.05, 0.1) is 18.1 Å². The van der Waals surface area contributed by atoms with E-state index in [1.54, 1.807) is 49.4 Å². The molecule has 2 aliphatic heterocycles. The molecular weight excluding hydrogens is 450 g/mol. The second-order valence-electron chi connectivity index (χ2n) is 9.16. The number of rotatable bonds is 7. The Bertz CT molecular complexity index is 1080. The summed E-state index contributed by atoms with van der Waals surface area (Å²) in [5, 5.41) is 2.95. The van der Waals surface area contributed by atoms with Crippen LogP contribution >= 0.6 is 0 Å². The first-order valence-electron chi connectivity index (χ1n) is 12.0. The van der Waals surface area contributed by atoms with E-state index in [9.17, 15) is 14.4 Å². The number of hydrogen-bond donors (Lipinski definition) is 2. The van der Waals surface area contributed by atoms with Crippen molar-refractivity contribution < 1.29 is 19.1 Å². The lowest BCUT2D eigenvalue weighted by atomic mass is 9.81. The van der Waals surface area contributed by atoms with Gasteiger partial charge in [0.15, 0.2) is 0 Å². The molecule has 0 aliphatic carbocycles. The fraction of sp³-hybridized carbons (Fsp3) is 0.542. The van der Waals surface area contributed by atoms with Gasteiger partial charge in [-0.3, -0.25) is 19.4 Å². The molecule has 2 aromatic rings. The molecular formula is C24H33N7O4. The monoisotopic (exact) mass is 483 g/mol. The van der Waals surface area contributed by atoms with Crippen LogP contribution in [0.3, 0.4) is 0 Å².